The molecular weight excluding hydrogens is 470 g/mol. The van der Waals surface area contributed by atoms with E-state index < -0.39 is 38.4 Å². The molecule has 0 radical (unpaired) electrons. The molecule has 3 rings (SSSR count). The molecule has 0 saturated heterocycles. The third kappa shape index (κ3) is 5.74. The third-order valence-electron chi connectivity index (χ3n) is 4.71. The fourth-order valence-electron chi connectivity index (χ4n) is 2.94. The van der Waals surface area contributed by atoms with E-state index >= 15 is 0 Å². The number of amides is 2. The molecule has 1 aliphatic heterocycles. The van der Waals surface area contributed by atoms with E-state index in [0.29, 0.717) is 5.56 Å². The summed E-state index contributed by atoms with van der Waals surface area (Å²) in [6.07, 6.45) is -0.134. The number of aryl methyl sites for hydroxylation is 1. The van der Waals surface area contributed by atoms with E-state index in [4.69, 9.17) is 0 Å². The molecule has 2 amide bonds. The fraction of sp³-hybridized carbons (Fsp3) is 0.250. The van der Waals surface area contributed by atoms with Crippen molar-refractivity contribution in [2.24, 2.45) is 4.99 Å². The van der Waals surface area contributed by atoms with Gasteiger partial charge in [-0.2, -0.15) is 4.31 Å². The Labute approximate surface area is 192 Å². The normalized spacial score (nSPS) is 15.7. The summed E-state index contributed by atoms with van der Waals surface area (Å²) in [5, 5.41) is 0. The SMILES string of the molecule is Cc1ccc(S(=O)(=O)N(C)CC(=O)NNC(=O)CCN=C2NS(=O)(=O)c3ccccc32)cc1. The van der Waals surface area contributed by atoms with E-state index in [9.17, 15) is 26.4 Å². The quantitative estimate of drug-likeness (QED) is 0.458. The summed E-state index contributed by atoms with van der Waals surface area (Å²) in [5.41, 5.74) is 5.65. The molecule has 1 heterocycles. The highest BCUT2D eigenvalue weighted by Crippen LogP contribution is 2.22. The van der Waals surface area contributed by atoms with Crippen molar-refractivity contribution in [3.05, 3.63) is 59.7 Å². The van der Waals surface area contributed by atoms with Crippen LogP contribution in [0.2, 0.25) is 0 Å². The number of nitrogens with one attached hydrogen (secondary N) is 3. The maximum atomic E-state index is 12.5. The second-order valence-electron chi connectivity index (χ2n) is 7.25. The van der Waals surface area contributed by atoms with Gasteiger partial charge in [0.2, 0.25) is 15.9 Å². The van der Waals surface area contributed by atoms with Crippen LogP contribution in [0.4, 0.5) is 0 Å². The molecule has 0 saturated carbocycles. The van der Waals surface area contributed by atoms with Crippen molar-refractivity contribution in [2.75, 3.05) is 20.1 Å². The zero-order valence-electron chi connectivity index (χ0n) is 17.9. The van der Waals surface area contributed by atoms with Crippen LogP contribution in [0.15, 0.2) is 63.3 Å². The van der Waals surface area contributed by atoms with Crippen molar-refractivity contribution in [3.63, 3.8) is 0 Å². The molecule has 33 heavy (non-hydrogen) atoms. The van der Waals surface area contributed by atoms with E-state index in [0.717, 1.165) is 9.87 Å². The van der Waals surface area contributed by atoms with Crippen molar-refractivity contribution in [1.29, 1.82) is 0 Å². The lowest BCUT2D eigenvalue weighted by atomic mass is 10.2. The van der Waals surface area contributed by atoms with Crippen LogP contribution < -0.4 is 15.6 Å². The molecule has 1 aliphatic rings. The molecule has 0 aromatic heterocycles. The lowest BCUT2D eigenvalue weighted by Crippen LogP contribution is -2.46. The number of benzene rings is 2. The van der Waals surface area contributed by atoms with Gasteiger partial charge in [-0.15, -0.1) is 0 Å². The number of nitrogens with zero attached hydrogens (tertiary/aromatic N) is 2. The zero-order chi connectivity index (χ0) is 24.2. The molecule has 176 valence electrons. The van der Waals surface area contributed by atoms with Gasteiger partial charge in [0.1, 0.15) is 5.84 Å². The van der Waals surface area contributed by atoms with Gasteiger partial charge < -0.3 is 0 Å². The molecule has 0 atom stereocenters. The van der Waals surface area contributed by atoms with Gasteiger partial charge >= 0.3 is 0 Å². The Bertz CT molecular complexity index is 1300. The van der Waals surface area contributed by atoms with E-state index in [1.165, 1.54) is 25.2 Å². The molecular formula is C20H23N5O6S2. The van der Waals surface area contributed by atoms with Gasteiger partial charge in [-0.3, -0.25) is 30.2 Å². The first-order valence-electron chi connectivity index (χ1n) is 9.78. The molecule has 0 spiro atoms. The summed E-state index contributed by atoms with van der Waals surface area (Å²) >= 11 is 0. The summed E-state index contributed by atoms with van der Waals surface area (Å²) in [5.74, 6) is -1.17. The maximum Gasteiger partial charge on any atom is 0.263 e. The highest BCUT2D eigenvalue weighted by Gasteiger charge is 2.30. The van der Waals surface area contributed by atoms with E-state index in [2.05, 4.69) is 20.6 Å². The standard InChI is InChI=1S/C20H23N5O6S2/c1-14-7-9-15(10-8-14)33(30,31)25(2)13-19(27)23-22-18(26)11-12-21-20-16-5-3-4-6-17(16)32(28,29)24-20/h3-10H,11-13H2,1-2H3,(H,21,24)(H,22,26)(H,23,27). The average Bonchev–Trinajstić information content (AvgIpc) is 3.03. The maximum absolute atomic E-state index is 12.5. The third-order valence-corrected chi connectivity index (χ3v) is 7.92. The van der Waals surface area contributed by atoms with Crippen LogP contribution in [0.1, 0.15) is 17.5 Å². The van der Waals surface area contributed by atoms with Gasteiger partial charge in [-0.1, -0.05) is 29.8 Å². The van der Waals surface area contributed by atoms with Crippen molar-refractivity contribution >= 4 is 37.7 Å². The predicted molar refractivity (Wildman–Crippen MR) is 120 cm³/mol. The van der Waals surface area contributed by atoms with Crippen molar-refractivity contribution in [2.45, 2.75) is 23.1 Å². The lowest BCUT2D eigenvalue weighted by Gasteiger charge is -2.17. The number of carbonyl (C=O) groups excluding carboxylic acids is 2. The Kier molecular flexibility index (Phi) is 7.15. The number of rotatable bonds is 7. The number of hydrogen-bond donors (Lipinski definition) is 3. The second-order valence-corrected chi connectivity index (χ2v) is 10.9. The number of amidine groups is 1. The zero-order valence-corrected chi connectivity index (χ0v) is 19.5. The van der Waals surface area contributed by atoms with E-state index in [1.807, 2.05) is 6.92 Å². The second kappa shape index (κ2) is 9.68. The first-order valence-corrected chi connectivity index (χ1v) is 12.7. The Hall–Kier alpha value is -3.29. The minimum absolute atomic E-state index is 0.0321. The average molecular weight is 494 g/mol. The molecule has 0 aliphatic carbocycles. The van der Waals surface area contributed by atoms with Crippen LogP contribution >= 0.6 is 0 Å². The first kappa shape index (κ1) is 24.4. The monoisotopic (exact) mass is 493 g/mol. The van der Waals surface area contributed by atoms with Crippen molar-refractivity contribution < 1.29 is 26.4 Å². The van der Waals surface area contributed by atoms with Crippen LogP contribution in [-0.4, -0.2) is 58.9 Å². The number of carbonyl (C=O) groups is 2. The van der Waals surface area contributed by atoms with Gasteiger partial charge in [0, 0.05) is 19.0 Å². The Morgan fingerprint density at radius 1 is 1.03 bits per heavy atom. The minimum Gasteiger partial charge on any atom is -0.273 e. The van der Waals surface area contributed by atoms with Gasteiger partial charge in [0.15, 0.2) is 0 Å². The van der Waals surface area contributed by atoms with Gasteiger partial charge in [-0.05, 0) is 31.2 Å². The van der Waals surface area contributed by atoms with E-state index in [-0.39, 0.29) is 28.6 Å². The number of sulfonamides is 2. The van der Waals surface area contributed by atoms with Crippen LogP contribution in [0.25, 0.3) is 0 Å². The van der Waals surface area contributed by atoms with Crippen molar-refractivity contribution in [3.8, 4) is 0 Å². The Balaban J connectivity index is 1.48. The molecule has 11 nitrogen and oxygen atoms in total. The Morgan fingerprint density at radius 3 is 2.36 bits per heavy atom. The molecule has 2 aromatic carbocycles. The van der Waals surface area contributed by atoms with Crippen LogP contribution in [0, 0.1) is 6.92 Å². The minimum atomic E-state index is -3.86. The fourth-order valence-corrected chi connectivity index (χ4v) is 5.32. The lowest BCUT2D eigenvalue weighted by molar-refractivity contribution is -0.128. The first-order chi connectivity index (χ1) is 15.5. The highest BCUT2D eigenvalue weighted by molar-refractivity contribution is 7.90. The smallest absolute Gasteiger partial charge is 0.263 e. The van der Waals surface area contributed by atoms with E-state index in [1.54, 1.807) is 30.3 Å². The molecule has 13 heteroatoms. The van der Waals surface area contributed by atoms with Gasteiger partial charge in [0.05, 0.1) is 22.9 Å². The number of aliphatic imine (C=N–C) groups is 1. The molecule has 2 aromatic rings. The van der Waals surface area contributed by atoms with Crippen LogP contribution in [-0.2, 0) is 29.6 Å². The molecule has 0 bridgehead atoms. The molecule has 0 fully saturated rings. The number of hydrazine groups is 1. The number of likely N-dealkylation sites (N-methyl/N-ethyl adjacent to an activating group) is 1. The topological polar surface area (TPSA) is 154 Å². The van der Waals surface area contributed by atoms with Gasteiger partial charge in [-0.25, -0.2) is 16.8 Å². The molecule has 0 unspecified atom stereocenters. The molecule has 3 N–H and O–H groups in total. The summed E-state index contributed by atoms with van der Waals surface area (Å²) in [6.45, 7) is 1.29. The number of hydrogen-bond acceptors (Lipinski definition) is 7. The largest absolute Gasteiger partial charge is 0.273 e. The summed E-state index contributed by atoms with van der Waals surface area (Å²) in [7, 11) is -6.27. The predicted octanol–water partition coefficient (Wildman–Crippen LogP) is -0.108. The van der Waals surface area contributed by atoms with Gasteiger partial charge in [0.25, 0.3) is 15.9 Å². The number of fused-ring (bicyclic) bond motifs is 1. The highest BCUT2D eigenvalue weighted by atomic mass is 32.2. The summed E-state index contributed by atoms with van der Waals surface area (Å²) in [4.78, 5) is 28.3. The van der Waals surface area contributed by atoms with Crippen molar-refractivity contribution in [1.82, 2.24) is 19.9 Å². The summed E-state index contributed by atoms with van der Waals surface area (Å²) < 4.78 is 52.3. The Morgan fingerprint density at radius 2 is 1.67 bits per heavy atom. The van der Waals surface area contributed by atoms with Crippen LogP contribution in [0.5, 0.6) is 0 Å². The van der Waals surface area contributed by atoms with Crippen LogP contribution in [0.3, 0.4) is 0 Å². The summed E-state index contributed by atoms with van der Waals surface area (Å²) in [6, 6.07) is 12.5.